The monoisotopic (exact) mass is 307 g/mol. The van der Waals surface area contributed by atoms with E-state index in [1.165, 1.54) is 25.7 Å². The highest BCUT2D eigenvalue weighted by Crippen LogP contribution is 2.39. The molecular formula is C15H18BrNO. The van der Waals surface area contributed by atoms with Crippen LogP contribution in [0.25, 0.3) is 0 Å². The molecule has 0 heterocycles. The van der Waals surface area contributed by atoms with Gasteiger partial charge in [-0.15, -0.1) is 0 Å². The first kappa shape index (κ1) is 12.2. The van der Waals surface area contributed by atoms with E-state index in [0.717, 1.165) is 28.2 Å². The van der Waals surface area contributed by atoms with Crippen molar-refractivity contribution in [2.75, 3.05) is 11.4 Å². The summed E-state index contributed by atoms with van der Waals surface area (Å²) in [5.41, 5.74) is 2.00. The van der Waals surface area contributed by atoms with Gasteiger partial charge >= 0.3 is 0 Å². The second-order valence-corrected chi connectivity index (χ2v) is 6.46. The minimum atomic E-state index is 0.160. The molecular weight excluding hydrogens is 290 g/mol. The Morgan fingerprint density at radius 3 is 2.61 bits per heavy atom. The summed E-state index contributed by atoms with van der Waals surface area (Å²) in [6, 6.07) is 6.77. The predicted molar refractivity (Wildman–Crippen MR) is 77.2 cm³/mol. The third-order valence-corrected chi connectivity index (χ3v) is 4.28. The maximum atomic E-state index is 11.8. The fraction of sp³-hybridized carbons (Fsp3) is 0.533. The van der Waals surface area contributed by atoms with Crippen LogP contribution >= 0.6 is 15.9 Å². The van der Waals surface area contributed by atoms with Crippen molar-refractivity contribution in [1.29, 1.82) is 0 Å². The zero-order valence-corrected chi connectivity index (χ0v) is 12.2. The van der Waals surface area contributed by atoms with Crippen LogP contribution in [0.15, 0.2) is 22.7 Å². The first-order chi connectivity index (χ1) is 8.65. The largest absolute Gasteiger partial charge is 0.368 e. The molecule has 3 rings (SSSR count). The molecule has 2 saturated carbocycles. The predicted octanol–water partition coefficient (Wildman–Crippen LogP) is 4.03. The van der Waals surface area contributed by atoms with E-state index in [-0.39, 0.29) is 5.78 Å². The van der Waals surface area contributed by atoms with Gasteiger partial charge in [-0.3, -0.25) is 4.79 Å². The van der Waals surface area contributed by atoms with E-state index in [1.54, 1.807) is 6.92 Å². The Morgan fingerprint density at radius 1 is 1.33 bits per heavy atom. The normalized spacial score (nSPS) is 18.8. The first-order valence-electron chi connectivity index (χ1n) is 6.72. The van der Waals surface area contributed by atoms with Gasteiger partial charge in [0.25, 0.3) is 0 Å². The highest BCUT2D eigenvalue weighted by Gasteiger charge is 2.35. The molecule has 2 nitrogen and oxygen atoms in total. The number of hydrogen-bond donors (Lipinski definition) is 0. The van der Waals surface area contributed by atoms with Crippen LogP contribution in [0.4, 0.5) is 5.69 Å². The second-order valence-electron chi connectivity index (χ2n) is 5.54. The fourth-order valence-electron chi connectivity index (χ4n) is 2.45. The van der Waals surface area contributed by atoms with Crippen molar-refractivity contribution in [3.63, 3.8) is 0 Å². The van der Waals surface area contributed by atoms with Gasteiger partial charge in [0, 0.05) is 28.3 Å². The maximum Gasteiger partial charge on any atom is 0.161 e. The van der Waals surface area contributed by atoms with Crippen molar-refractivity contribution in [3.05, 3.63) is 28.2 Å². The molecule has 2 aliphatic carbocycles. The molecule has 0 amide bonds. The van der Waals surface area contributed by atoms with Crippen molar-refractivity contribution < 1.29 is 4.79 Å². The van der Waals surface area contributed by atoms with Crippen molar-refractivity contribution >= 4 is 27.4 Å². The molecule has 0 bridgehead atoms. The number of carbonyl (C=O) groups is 1. The third-order valence-electron chi connectivity index (χ3n) is 3.79. The van der Waals surface area contributed by atoms with Gasteiger partial charge in [0.2, 0.25) is 0 Å². The third kappa shape index (κ3) is 2.61. The van der Waals surface area contributed by atoms with E-state index < -0.39 is 0 Å². The zero-order chi connectivity index (χ0) is 12.7. The molecule has 0 radical (unpaired) electrons. The van der Waals surface area contributed by atoms with Crippen molar-refractivity contribution in [2.24, 2.45) is 5.92 Å². The molecule has 2 fully saturated rings. The summed E-state index contributed by atoms with van der Waals surface area (Å²) in [7, 11) is 0. The number of halogens is 1. The lowest BCUT2D eigenvalue weighted by Crippen LogP contribution is -2.29. The van der Waals surface area contributed by atoms with Gasteiger partial charge in [-0.1, -0.05) is 15.9 Å². The Kier molecular flexibility index (Phi) is 3.18. The summed E-state index contributed by atoms with van der Waals surface area (Å²) in [4.78, 5) is 14.3. The molecule has 18 heavy (non-hydrogen) atoms. The van der Waals surface area contributed by atoms with E-state index in [9.17, 15) is 4.79 Å². The minimum Gasteiger partial charge on any atom is -0.368 e. The van der Waals surface area contributed by atoms with Crippen molar-refractivity contribution in [3.8, 4) is 0 Å². The van der Waals surface area contributed by atoms with Crippen LogP contribution in [-0.2, 0) is 0 Å². The van der Waals surface area contributed by atoms with Gasteiger partial charge in [0.1, 0.15) is 0 Å². The SMILES string of the molecule is CC(=O)c1cc(Br)ccc1N(CC1CC1)C1CC1. The molecule has 0 atom stereocenters. The zero-order valence-electron chi connectivity index (χ0n) is 10.7. The number of anilines is 1. The minimum absolute atomic E-state index is 0.160. The molecule has 96 valence electrons. The van der Waals surface area contributed by atoms with E-state index in [1.807, 2.05) is 12.1 Å². The lowest BCUT2D eigenvalue weighted by molar-refractivity contribution is 0.101. The van der Waals surface area contributed by atoms with Gasteiger partial charge < -0.3 is 4.90 Å². The van der Waals surface area contributed by atoms with Crippen molar-refractivity contribution in [2.45, 2.75) is 38.6 Å². The second kappa shape index (κ2) is 4.69. The van der Waals surface area contributed by atoms with Crippen LogP contribution in [0, 0.1) is 5.92 Å². The molecule has 0 aliphatic heterocycles. The highest BCUT2D eigenvalue weighted by molar-refractivity contribution is 9.10. The van der Waals surface area contributed by atoms with Gasteiger partial charge in [0.05, 0.1) is 0 Å². The lowest BCUT2D eigenvalue weighted by atomic mass is 10.1. The number of Topliss-reactive ketones (excluding diaryl/α,β-unsaturated/α-hetero) is 1. The molecule has 1 aromatic carbocycles. The van der Waals surface area contributed by atoms with Crippen LogP contribution in [-0.4, -0.2) is 18.4 Å². The molecule has 2 aliphatic rings. The summed E-state index contributed by atoms with van der Waals surface area (Å²) in [6.07, 6.45) is 5.27. The number of rotatable bonds is 5. The molecule has 0 N–H and O–H groups in total. The van der Waals surface area contributed by atoms with Crippen LogP contribution in [0.2, 0.25) is 0 Å². The van der Waals surface area contributed by atoms with Crippen LogP contribution in [0.1, 0.15) is 43.0 Å². The smallest absolute Gasteiger partial charge is 0.161 e. The van der Waals surface area contributed by atoms with E-state index >= 15 is 0 Å². The summed E-state index contributed by atoms with van der Waals surface area (Å²) in [5.74, 6) is 1.02. The summed E-state index contributed by atoms with van der Waals surface area (Å²) >= 11 is 3.46. The average Bonchev–Trinajstić information content (AvgIpc) is 3.19. The Bertz CT molecular complexity index is 477. The summed E-state index contributed by atoms with van der Waals surface area (Å²) < 4.78 is 0.985. The highest BCUT2D eigenvalue weighted by atomic mass is 79.9. The van der Waals surface area contributed by atoms with Gasteiger partial charge in [-0.05, 0) is 56.7 Å². The standard InChI is InChI=1S/C15H18BrNO/c1-10(18)14-8-12(16)4-7-15(14)17(13-5-6-13)9-11-2-3-11/h4,7-8,11,13H,2-3,5-6,9H2,1H3. The number of carbonyl (C=O) groups excluding carboxylic acids is 1. The number of ketones is 1. The quantitative estimate of drug-likeness (QED) is 0.765. The Hall–Kier alpha value is -0.830. The van der Waals surface area contributed by atoms with E-state index in [0.29, 0.717) is 6.04 Å². The molecule has 0 aromatic heterocycles. The average molecular weight is 308 g/mol. The summed E-state index contributed by atoms with van der Waals surface area (Å²) in [5, 5.41) is 0. The molecule has 0 saturated heterocycles. The number of nitrogens with zero attached hydrogens (tertiary/aromatic N) is 1. The molecule has 0 unspecified atom stereocenters. The topological polar surface area (TPSA) is 20.3 Å². The number of benzene rings is 1. The maximum absolute atomic E-state index is 11.8. The first-order valence-corrected chi connectivity index (χ1v) is 7.51. The fourth-order valence-corrected chi connectivity index (χ4v) is 2.81. The van der Waals surface area contributed by atoms with Crippen LogP contribution < -0.4 is 4.90 Å². The summed E-state index contributed by atoms with van der Waals surface area (Å²) in [6.45, 7) is 2.79. The van der Waals surface area contributed by atoms with Crippen LogP contribution in [0.3, 0.4) is 0 Å². The Labute approximate surface area is 116 Å². The Balaban J connectivity index is 1.93. The van der Waals surface area contributed by atoms with Gasteiger partial charge in [-0.25, -0.2) is 0 Å². The van der Waals surface area contributed by atoms with Crippen molar-refractivity contribution in [1.82, 2.24) is 0 Å². The van der Waals surface area contributed by atoms with Gasteiger partial charge in [0.15, 0.2) is 5.78 Å². The van der Waals surface area contributed by atoms with E-state index in [4.69, 9.17) is 0 Å². The lowest BCUT2D eigenvalue weighted by Gasteiger charge is -2.26. The molecule has 3 heteroatoms. The van der Waals surface area contributed by atoms with Gasteiger partial charge in [-0.2, -0.15) is 0 Å². The molecule has 1 aromatic rings. The Morgan fingerprint density at radius 2 is 2.06 bits per heavy atom. The number of hydrogen-bond acceptors (Lipinski definition) is 2. The van der Waals surface area contributed by atoms with E-state index in [2.05, 4.69) is 26.9 Å². The molecule has 0 spiro atoms. The van der Waals surface area contributed by atoms with Crippen LogP contribution in [0.5, 0.6) is 0 Å².